The summed E-state index contributed by atoms with van der Waals surface area (Å²) >= 11 is 0. The summed E-state index contributed by atoms with van der Waals surface area (Å²) in [4.78, 5) is 12.9. The molecule has 0 aliphatic carbocycles. The fourth-order valence-electron chi connectivity index (χ4n) is 2.51. The molecule has 0 radical (unpaired) electrons. The molecule has 0 saturated heterocycles. The van der Waals surface area contributed by atoms with Crippen molar-refractivity contribution in [2.75, 3.05) is 0 Å². The zero-order chi connectivity index (χ0) is 16.6. The highest BCUT2D eigenvalue weighted by Crippen LogP contribution is 2.19. The molecule has 0 amide bonds. The molecule has 1 N–H and O–H groups in total. The SMILES string of the molecule is O=C(/C(=C\NCc1ccccc1)c1ccccc1)c1ccccc1. The molecule has 0 aliphatic heterocycles. The lowest BCUT2D eigenvalue weighted by Crippen LogP contribution is -2.10. The van der Waals surface area contributed by atoms with Crippen molar-refractivity contribution in [1.29, 1.82) is 0 Å². The average Bonchev–Trinajstić information content (AvgIpc) is 2.67. The minimum Gasteiger partial charge on any atom is -0.386 e. The van der Waals surface area contributed by atoms with E-state index in [2.05, 4.69) is 17.4 Å². The van der Waals surface area contributed by atoms with Gasteiger partial charge in [0.05, 0.1) is 0 Å². The molecule has 3 rings (SSSR count). The van der Waals surface area contributed by atoms with Crippen LogP contribution in [0.3, 0.4) is 0 Å². The molecule has 118 valence electrons. The van der Waals surface area contributed by atoms with E-state index in [0.717, 1.165) is 5.56 Å². The molecule has 0 saturated carbocycles. The van der Waals surface area contributed by atoms with Crippen molar-refractivity contribution in [1.82, 2.24) is 5.32 Å². The Morgan fingerprint density at radius 1 is 0.708 bits per heavy atom. The number of Topliss-reactive ketones (excluding diaryl/α,β-unsaturated/α-hetero) is 1. The highest BCUT2D eigenvalue weighted by molar-refractivity contribution is 6.28. The van der Waals surface area contributed by atoms with Crippen LogP contribution in [0.1, 0.15) is 21.5 Å². The molecule has 2 heteroatoms. The number of hydrogen-bond donors (Lipinski definition) is 1. The van der Waals surface area contributed by atoms with Crippen LogP contribution in [-0.4, -0.2) is 5.78 Å². The standard InChI is InChI=1S/C22H19NO/c24-22(20-14-8-3-9-15-20)21(19-12-6-2-7-13-19)17-23-16-18-10-4-1-5-11-18/h1-15,17,23H,16H2/b21-17-. The monoisotopic (exact) mass is 313 g/mol. The van der Waals surface area contributed by atoms with Crippen molar-refractivity contribution < 1.29 is 4.79 Å². The van der Waals surface area contributed by atoms with E-state index >= 15 is 0 Å². The van der Waals surface area contributed by atoms with Gasteiger partial charge >= 0.3 is 0 Å². The molecule has 2 nitrogen and oxygen atoms in total. The van der Waals surface area contributed by atoms with Crippen LogP contribution in [0.4, 0.5) is 0 Å². The smallest absolute Gasteiger partial charge is 0.195 e. The molecular weight excluding hydrogens is 294 g/mol. The minimum absolute atomic E-state index is 0.0161. The maximum Gasteiger partial charge on any atom is 0.195 e. The lowest BCUT2D eigenvalue weighted by Gasteiger charge is -2.09. The molecule has 0 aromatic heterocycles. The Hall–Kier alpha value is -3.13. The molecule has 0 unspecified atom stereocenters. The van der Waals surface area contributed by atoms with E-state index in [4.69, 9.17) is 0 Å². The lowest BCUT2D eigenvalue weighted by atomic mass is 9.97. The first-order chi connectivity index (χ1) is 11.8. The largest absolute Gasteiger partial charge is 0.386 e. The van der Waals surface area contributed by atoms with Gasteiger partial charge in [-0.05, 0) is 11.1 Å². The minimum atomic E-state index is 0.0161. The number of benzene rings is 3. The van der Waals surface area contributed by atoms with Crippen molar-refractivity contribution in [3.05, 3.63) is 114 Å². The predicted molar refractivity (Wildman–Crippen MR) is 98.5 cm³/mol. The Morgan fingerprint density at radius 3 is 1.79 bits per heavy atom. The van der Waals surface area contributed by atoms with Crippen molar-refractivity contribution in [3.63, 3.8) is 0 Å². The summed E-state index contributed by atoms with van der Waals surface area (Å²) in [6.07, 6.45) is 1.82. The maximum absolute atomic E-state index is 12.9. The second-order valence-electron chi connectivity index (χ2n) is 5.49. The number of nitrogens with one attached hydrogen (secondary N) is 1. The highest BCUT2D eigenvalue weighted by Gasteiger charge is 2.13. The number of rotatable bonds is 6. The molecule has 3 aromatic carbocycles. The van der Waals surface area contributed by atoms with Crippen LogP contribution < -0.4 is 5.32 Å². The zero-order valence-electron chi connectivity index (χ0n) is 13.4. The molecule has 3 aromatic rings. The molecular formula is C22H19NO. The lowest BCUT2D eigenvalue weighted by molar-refractivity contribution is 0.105. The first kappa shape index (κ1) is 15.8. The van der Waals surface area contributed by atoms with Gasteiger partial charge in [0.15, 0.2) is 5.78 Å². The summed E-state index contributed by atoms with van der Waals surface area (Å²) in [5.74, 6) is 0.0161. The second kappa shape index (κ2) is 7.93. The van der Waals surface area contributed by atoms with E-state index < -0.39 is 0 Å². The quantitative estimate of drug-likeness (QED) is 0.528. The molecule has 0 fully saturated rings. The van der Waals surface area contributed by atoms with Crippen molar-refractivity contribution >= 4 is 11.4 Å². The molecule has 0 aliphatic rings. The summed E-state index contributed by atoms with van der Waals surface area (Å²) in [6, 6.07) is 29.2. The number of carbonyl (C=O) groups is 1. The van der Waals surface area contributed by atoms with Crippen molar-refractivity contribution in [2.24, 2.45) is 0 Å². The summed E-state index contributed by atoms with van der Waals surface area (Å²) < 4.78 is 0. The third-order valence-corrected chi connectivity index (χ3v) is 3.76. The van der Waals surface area contributed by atoms with Gasteiger partial charge in [0.1, 0.15) is 0 Å². The fraction of sp³-hybridized carbons (Fsp3) is 0.0455. The Kier molecular flexibility index (Phi) is 5.21. The van der Waals surface area contributed by atoms with Gasteiger partial charge in [0.2, 0.25) is 0 Å². The topological polar surface area (TPSA) is 29.1 Å². The van der Waals surface area contributed by atoms with E-state index in [1.54, 1.807) is 0 Å². The van der Waals surface area contributed by atoms with E-state index in [9.17, 15) is 4.79 Å². The van der Waals surface area contributed by atoms with Gasteiger partial charge in [-0.3, -0.25) is 4.79 Å². The second-order valence-corrected chi connectivity index (χ2v) is 5.49. The van der Waals surface area contributed by atoms with Gasteiger partial charge in [-0.1, -0.05) is 91.0 Å². The van der Waals surface area contributed by atoms with Gasteiger partial charge < -0.3 is 5.32 Å². The summed E-state index contributed by atoms with van der Waals surface area (Å²) in [5, 5.41) is 3.27. The van der Waals surface area contributed by atoms with Crippen LogP contribution in [0.2, 0.25) is 0 Å². The maximum atomic E-state index is 12.9. The Balaban J connectivity index is 1.85. The number of carbonyl (C=O) groups excluding carboxylic acids is 1. The Morgan fingerprint density at radius 2 is 1.21 bits per heavy atom. The summed E-state index contributed by atoms with van der Waals surface area (Å²) in [5.41, 5.74) is 3.44. The van der Waals surface area contributed by atoms with Crippen molar-refractivity contribution in [2.45, 2.75) is 6.54 Å². The third kappa shape index (κ3) is 3.99. The van der Waals surface area contributed by atoms with Crippen LogP contribution in [0, 0.1) is 0 Å². The molecule has 0 heterocycles. The first-order valence-electron chi connectivity index (χ1n) is 7.97. The first-order valence-corrected chi connectivity index (χ1v) is 7.97. The van der Waals surface area contributed by atoms with E-state index in [1.807, 2.05) is 85.1 Å². The van der Waals surface area contributed by atoms with Crippen LogP contribution in [0.5, 0.6) is 0 Å². The van der Waals surface area contributed by atoms with Gasteiger partial charge in [-0.25, -0.2) is 0 Å². The molecule has 24 heavy (non-hydrogen) atoms. The Bertz CT molecular complexity index is 808. The van der Waals surface area contributed by atoms with Crippen LogP contribution >= 0.6 is 0 Å². The predicted octanol–water partition coefficient (Wildman–Crippen LogP) is 4.70. The van der Waals surface area contributed by atoms with Gasteiger partial charge in [-0.15, -0.1) is 0 Å². The average molecular weight is 313 g/mol. The van der Waals surface area contributed by atoms with Gasteiger partial charge in [0.25, 0.3) is 0 Å². The molecule has 0 bridgehead atoms. The van der Waals surface area contributed by atoms with Gasteiger partial charge in [0, 0.05) is 23.9 Å². The Labute approximate surface area is 142 Å². The normalized spacial score (nSPS) is 11.1. The van der Waals surface area contributed by atoms with E-state index in [-0.39, 0.29) is 5.78 Å². The van der Waals surface area contributed by atoms with E-state index in [0.29, 0.717) is 17.7 Å². The summed E-state index contributed by atoms with van der Waals surface area (Å²) in [6.45, 7) is 0.680. The van der Waals surface area contributed by atoms with Crippen LogP contribution in [-0.2, 0) is 6.54 Å². The number of ketones is 1. The zero-order valence-corrected chi connectivity index (χ0v) is 13.4. The fourth-order valence-corrected chi connectivity index (χ4v) is 2.51. The molecule has 0 atom stereocenters. The van der Waals surface area contributed by atoms with Gasteiger partial charge in [-0.2, -0.15) is 0 Å². The number of hydrogen-bond acceptors (Lipinski definition) is 2. The summed E-state index contributed by atoms with van der Waals surface area (Å²) in [7, 11) is 0. The van der Waals surface area contributed by atoms with Crippen molar-refractivity contribution in [3.8, 4) is 0 Å². The van der Waals surface area contributed by atoms with Crippen LogP contribution in [0.25, 0.3) is 5.57 Å². The molecule has 0 spiro atoms. The highest BCUT2D eigenvalue weighted by atomic mass is 16.1. The van der Waals surface area contributed by atoms with Crippen LogP contribution in [0.15, 0.2) is 97.2 Å². The third-order valence-electron chi connectivity index (χ3n) is 3.76. The van der Waals surface area contributed by atoms with E-state index in [1.165, 1.54) is 5.56 Å². The number of allylic oxidation sites excluding steroid dienone is 1.